The molecule has 1 amide bonds. The second-order valence-corrected chi connectivity index (χ2v) is 4.84. The maximum Gasteiger partial charge on any atom is 0.339 e. The highest BCUT2D eigenvalue weighted by Gasteiger charge is 2.21. The Hall–Kier alpha value is -2.11. The molecule has 1 unspecified atom stereocenters. The number of benzene rings is 1. The highest BCUT2D eigenvalue weighted by Crippen LogP contribution is 2.13. The van der Waals surface area contributed by atoms with Gasteiger partial charge >= 0.3 is 5.97 Å². The van der Waals surface area contributed by atoms with Crippen molar-refractivity contribution in [3.63, 3.8) is 0 Å². The molecule has 0 aliphatic heterocycles. The molecule has 21 heavy (non-hydrogen) atoms. The zero-order valence-corrected chi connectivity index (χ0v) is 12.5. The zero-order chi connectivity index (χ0) is 16.0. The van der Waals surface area contributed by atoms with Crippen LogP contribution in [0, 0.1) is 5.82 Å². The molecule has 0 bridgehead atoms. The van der Waals surface area contributed by atoms with Crippen molar-refractivity contribution in [2.75, 3.05) is 5.73 Å². The lowest BCUT2D eigenvalue weighted by Gasteiger charge is -2.18. The van der Waals surface area contributed by atoms with E-state index in [0.717, 1.165) is 25.0 Å². The Bertz CT molecular complexity index is 495. The predicted molar refractivity (Wildman–Crippen MR) is 78.2 cm³/mol. The average Bonchev–Trinajstić information content (AvgIpc) is 2.43. The lowest BCUT2D eigenvalue weighted by Crippen LogP contribution is -2.41. The molecular weight excluding hydrogens is 275 g/mol. The molecular formula is C15H21FN2O3. The van der Waals surface area contributed by atoms with Crippen LogP contribution in [0.3, 0.4) is 0 Å². The summed E-state index contributed by atoms with van der Waals surface area (Å²) in [5, 5.41) is 2.78. The van der Waals surface area contributed by atoms with Crippen LogP contribution in [0.2, 0.25) is 0 Å². The number of nitrogens with two attached hydrogens (primary N) is 1. The van der Waals surface area contributed by atoms with Crippen LogP contribution in [0.5, 0.6) is 0 Å². The molecule has 3 N–H and O–H groups in total. The number of hydrogen-bond acceptors (Lipinski definition) is 4. The molecule has 0 heterocycles. The summed E-state index contributed by atoms with van der Waals surface area (Å²) in [4.78, 5) is 23.7. The van der Waals surface area contributed by atoms with Crippen molar-refractivity contribution in [1.82, 2.24) is 5.32 Å². The Morgan fingerprint density at radius 2 is 1.90 bits per heavy atom. The van der Waals surface area contributed by atoms with Gasteiger partial charge in [-0.1, -0.05) is 13.8 Å². The molecule has 0 saturated heterocycles. The number of carbonyl (C=O) groups is 2. The van der Waals surface area contributed by atoms with Crippen LogP contribution in [0.25, 0.3) is 0 Å². The Kier molecular flexibility index (Phi) is 6.14. The van der Waals surface area contributed by atoms with Gasteiger partial charge in [0.1, 0.15) is 5.82 Å². The molecule has 5 nitrogen and oxygen atoms in total. The van der Waals surface area contributed by atoms with Crippen LogP contribution < -0.4 is 11.1 Å². The predicted octanol–water partition coefficient (Wildman–Crippen LogP) is 2.26. The van der Waals surface area contributed by atoms with Gasteiger partial charge < -0.3 is 15.8 Å². The summed E-state index contributed by atoms with van der Waals surface area (Å²) >= 11 is 0. The van der Waals surface area contributed by atoms with Crippen molar-refractivity contribution < 1.29 is 18.7 Å². The molecule has 1 rings (SSSR count). The number of ether oxygens (including phenoxy) is 1. The Balaban J connectivity index is 2.67. The number of anilines is 1. The minimum absolute atomic E-state index is 0.0188. The number of carbonyl (C=O) groups excluding carboxylic acids is 2. The van der Waals surface area contributed by atoms with E-state index in [9.17, 15) is 14.0 Å². The first-order valence-corrected chi connectivity index (χ1v) is 6.94. The van der Waals surface area contributed by atoms with E-state index in [0.29, 0.717) is 0 Å². The van der Waals surface area contributed by atoms with E-state index < -0.39 is 17.9 Å². The van der Waals surface area contributed by atoms with Crippen molar-refractivity contribution in [2.24, 2.45) is 0 Å². The fourth-order valence-electron chi connectivity index (χ4n) is 1.82. The summed E-state index contributed by atoms with van der Waals surface area (Å²) in [7, 11) is 0. The van der Waals surface area contributed by atoms with Crippen LogP contribution in [-0.4, -0.2) is 24.0 Å². The van der Waals surface area contributed by atoms with Crippen molar-refractivity contribution in [1.29, 1.82) is 0 Å². The fourth-order valence-corrected chi connectivity index (χ4v) is 1.82. The highest BCUT2D eigenvalue weighted by molar-refractivity contribution is 5.93. The van der Waals surface area contributed by atoms with Crippen molar-refractivity contribution in [3.05, 3.63) is 29.6 Å². The van der Waals surface area contributed by atoms with E-state index in [-0.39, 0.29) is 23.2 Å². The van der Waals surface area contributed by atoms with Gasteiger partial charge in [0.2, 0.25) is 0 Å². The molecule has 6 heteroatoms. The van der Waals surface area contributed by atoms with Gasteiger partial charge in [0, 0.05) is 11.7 Å². The number of hydrogen-bond donors (Lipinski definition) is 2. The van der Waals surface area contributed by atoms with Crippen LogP contribution in [-0.2, 0) is 9.53 Å². The zero-order valence-electron chi connectivity index (χ0n) is 12.5. The fraction of sp³-hybridized carbons (Fsp3) is 0.467. The summed E-state index contributed by atoms with van der Waals surface area (Å²) in [5.74, 6) is -1.79. The summed E-state index contributed by atoms with van der Waals surface area (Å²) < 4.78 is 18.2. The van der Waals surface area contributed by atoms with Gasteiger partial charge in [0.05, 0.1) is 5.56 Å². The molecule has 0 radical (unpaired) electrons. The molecule has 0 saturated carbocycles. The minimum atomic E-state index is -0.956. The van der Waals surface area contributed by atoms with Crippen molar-refractivity contribution >= 4 is 17.6 Å². The maximum atomic E-state index is 13.2. The first kappa shape index (κ1) is 16.9. The third kappa shape index (κ3) is 5.06. The highest BCUT2D eigenvalue weighted by atomic mass is 19.1. The van der Waals surface area contributed by atoms with Crippen molar-refractivity contribution in [3.8, 4) is 0 Å². The van der Waals surface area contributed by atoms with E-state index in [1.807, 2.05) is 13.8 Å². The lowest BCUT2D eigenvalue weighted by molar-refractivity contribution is -0.129. The molecule has 0 aliphatic rings. The Labute approximate surface area is 123 Å². The van der Waals surface area contributed by atoms with Crippen LogP contribution in [0.1, 0.15) is 44.0 Å². The third-order valence-electron chi connectivity index (χ3n) is 3.14. The van der Waals surface area contributed by atoms with Gasteiger partial charge in [-0.3, -0.25) is 4.79 Å². The molecule has 0 aliphatic carbocycles. The first-order valence-electron chi connectivity index (χ1n) is 6.94. The van der Waals surface area contributed by atoms with E-state index >= 15 is 0 Å². The van der Waals surface area contributed by atoms with E-state index in [4.69, 9.17) is 10.5 Å². The Morgan fingerprint density at radius 1 is 1.29 bits per heavy atom. The number of halogens is 1. The van der Waals surface area contributed by atoms with E-state index in [1.165, 1.54) is 13.0 Å². The molecule has 0 fully saturated rings. The van der Waals surface area contributed by atoms with Gasteiger partial charge in [-0.05, 0) is 38.0 Å². The summed E-state index contributed by atoms with van der Waals surface area (Å²) in [6, 6.07) is 3.46. The lowest BCUT2D eigenvalue weighted by atomic mass is 10.1. The van der Waals surface area contributed by atoms with Crippen LogP contribution in [0.15, 0.2) is 18.2 Å². The van der Waals surface area contributed by atoms with Crippen molar-refractivity contribution in [2.45, 2.75) is 45.8 Å². The normalized spacial score (nSPS) is 12.0. The number of rotatable bonds is 6. The standard InChI is InChI=1S/C15H21FN2O3/c1-4-13(5-2)18-14(19)9(3)21-15(20)10-6-11(16)8-12(17)7-10/h6-9,13H,4-5,17H2,1-3H3,(H,18,19). The minimum Gasteiger partial charge on any atom is -0.449 e. The number of esters is 1. The quantitative estimate of drug-likeness (QED) is 0.623. The SMILES string of the molecule is CCC(CC)NC(=O)C(C)OC(=O)c1cc(N)cc(F)c1. The van der Waals surface area contributed by atoms with Gasteiger partial charge in [-0.25, -0.2) is 9.18 Å². The molecule has 0 spiro atoms. The first-order chi connectivity index (χ1) is 9.87. The number of amides is 1. The van der Waals surface area contributed by atoms with Crippen LogP contribution >= 0.6 is 0 Å². The second kappa shape index (κ2) is 7.61. The molecule has 1 aromatic carbocycles. The monoisotopic (exact) mass is 296 g/mol. The van der Waals surface area contributed by atoms with Crippen LogP contribution in [0.4, 0.5) is 10.1 Å². The summed E-state index contributed by atoms with van der Waals surface area (Å²) in [5.41, 5.74) is 5.57. The third-order valence-corrected chi connectivity index (χ3v) is 3.14. The molecule has 116 valence electrons. The van der Waals surface area contributed by atoms with Gasteiger partial charge in [-0.2, -0.15) is 0 Å². The van der Waals surface area contributed by atoms with Gasteiger partial charge in [-0.15, -0.1) is 0 Å². The topological polar surface area (TPSA) is 81.4 Å². The largest absolute Gasteiger partial charge is 0.449 e. The smallest absolute Gasteiger partial charge is 0.339 e. The van der Waals surface area contributed by atoms with Gasteiger partial charge in [0.15, 0.2) is 6.10 Å². The molecule has 1 aromatic rings. The molecule has 0 aromatic heterocycles. The van der Waals surface area contributed by atoms with Gasteiger partial charge in [0.25, 0.3) is 5.91 Å². The Morgan fingerprint density at radius 3 is 2.43 bits per heavy atom. The summed E-state index contributed by atoms with van der Waals surface area (Å²) in [6.07, 6.45) is 0.634. The summed E-state index contributed by atoms with van der Waals surface area (Å²) in [6.45, 7) is 5.39. The van der Waals surface area contributed by atoms with E-state index in [1.54, 1.807) is 0 Å². The average molecular weight is 296 g/mol. The maximum absolute atomic E-state index is 13.2. The molecule has 1 atom stereocenters. The van der Waals surface area contributed by atoms with E-state index in [2.05, 4.69) is 5.32 Å². The second-order valence-electron chi connectivity index (χ2n) is 4.84. The number of nitrogen functional groups attached to an aromatic ring is 1. The number of nitrogens with one attached hydrogen (secondary N) is 1.